The summed E-state index contributed by atoms with van der Waals surface area (Å²) in [6, 6.07) is 1.97. The number of hydrogen-bond donors (Lipinski definition) is 1. The van der Waals surface area contributed by atoms with Crippen LogP contribution in [0.25, 0.3) is 6.08 Å². The van der Waals surface area contributed by atoms with Crippen LogP contribution in [0.2, 0.25) is 0 Å². The summed E-state index contributed by atoms with van der Waals surface area (Å²) in [6.07, 6.45) is 5.86. The molecule has 0 saturated carbocycles. The first kappa shape index (κ1) is 14.6. The van der Waals surface area contributed by atoms with Crippen LogP contribution in [0.4, 0.5) is 5.69 Å². The van der Waals surface area contributed by atoms with Crippen LogP contribution in [0.15, 0.2) is 11.6 Å². The molecule has 0 saturated heterocycles. The minimum Gasteiger partial charge on any atom is -0.496 e. The van der Waals surface area contributed by atoms with E-state index in [2.05, 4.69) is 4.90 Å². The largest absolute Gasteiger partial charge is 0.496 e. The Hall–Kier alpha value is -2.30. The highest BCUT2D eigenvalue weighted by Crippen LogP contribution is 2.42. The zero-order valence-electron chi connectivity index (χ0n) is 12.6. The standard InChI is InChI=1S/C17H19NO4/c1-22-16-12(9-13(10-19)17(20)21)8-11-4-2-6-18-7-3-5-14(16)15(11)18/h8-10H,2-7H2,1H3,(H,20,21)/b13-9+. The van der Waals surface area contributed by atoms with E-state index in [0.29, 0.717) is 17.6 Å². The molecule has 116 valence electrons. The number of aldehydes is 1. The maximum absolute atomic E-state index is 11.1. The molecule has 0 aliphatic carbocycles. The number of anilines is 1. The average Bonchev–Trinajstić information content (AvgIpc) is 2.53. The monoisotopic (exact) mass is 301 g/mol. The third-order valence-corrected chi connectivity index (χ3v) is 4.39. The first-order valence-corrected chi connectivity index (χ1v) is 7.53. The number of rotatable bonds is 4. The second-order valence-corrected chi connectivity index (χ2v) is 5.70. The zero-order chi connectivity index (χ0) is 15.7. The summed E-state index contributed by atoms with van der Waals surface area (Å²) < 4.78 is 5.56. The maximum Gasteiger partial charge on any atom is 0.339 e. The highest BCUT2D eigenvalue weighted by atomic mass is 16.5. The molecule has 3 rings (SSSR count). The van der Waals surface area contributed by atoms with Gasteiger partial charge in [-0.25, -0.2) is 4.79 Å². The van der Waals surface area contributed by atoms with Crippen LogP contribution in [0.5, 0.6) is 5.75 Å². The van der Waals surface area contributed by atoms with Crippen LogP contribution in [0.1, 0.15) is 29.5 Å². The molecule has 0 amide bonds. The molecule has 1 aromatic carbocycles. The molecule has 2 aliphatic rings. The summed E-state index contributed by atoms with van der Waals surface area (Å²) in [5, 5.41) is 9.07. The van der Waals surface area contributed by atoms with Crippen molar-refractivity contribution in [3.63, 3.8) is 0 Å². The van der Waals surface area contributed by atoms with Gasteiger partial charge < -0.3 is 14.7 Å². The predicted octanol–water partition coefficient (Wildman–Crippen LogP) is 2.06. The molecule has 0 atom stereocenters. The highest BCUT2D eigenvalue weighted by molar-refractivity contribution is 6.11. The van der Waals surface area contributed by atoms with Crippen LogP contribution >= 0.6 is 0 Å². The lowest BCUT2D eigenvalue weighted by molar-refractivity contribution is -0.133. The lowest BCUT2D eigenvalue weighted by atomic mass is 9.88. The summed E-state index contributed by atoms with van der Waals surface area (Å²) in [7, 11) is 1.60. The fourth-order valence-corrected chi connectivity index (χ4v) is 3.52. The fourth-order valence-electron chi connectivity index (χ4n) is 3.52. The van der Waals surface area contributed by atoms with Gasteiger partial charge >= 0.3 is 5.97 Å². The Morgan fingerprint density at radius 3 is 2.68 bits per heavy atom. The van der Waals surface area contributed by atoms with Crippen molar-refractivity contribution in [2.75, 3.05) is 25.1 Å². The molecule has 0 radical (unpaired) electrons. The number of methoxy groups -OCH3 is 1. The number of ether oxygens (including phenoxy) is 1. The summed E-state index contributed by atoms with van der Waals surface area (Å²) in [5.74, 6) is -0.518. The van der Waals surface area contributed by atoms with Crippen molar-refractivity contribution in [1.29, 1.82) is 0 Å². The van der Waals surface area contributed by atoms with Gasteiger partial charge in [-0.15, -0.1) is 0 Å². The van der Waals surface area contributed by atoms with E-state index in [9.17, 15) is 9.59 Å². The minimum absolute atomic E-state index is 0.256. The van der Waals surface area contributed by atoms with Crippen molar-refractivity contribution in [3.05, 3.63) is 28.3 Å². The van der Waals surface area contributed by atoms with Gasteiger partial charge in [0, 0.05) is 29.9 Å². The van der Waals surface area contributed by atoms with Gasteiger partial charge in [-0.1, -0.05) is 0 Å². The normalized spacial score (nSPS) is 17.0. The summed E-state index contributed by atoms with van der Waals surface area (Å²) >= 11 is 0. The molecule has 0 aromatic heterocycles. The lowest BCUT2D eigenvalue weighted by Gasteiger charge is -2.38. The molecule has 0 bridgehead atoms. The molecule has 0 unspecified atom stereocenters. The van der Waals surface area contributed by atoms with Crippen LogP contribution < -0.4 is 9.64 Å². The zero-order valence-corrected chi connectivity index (χ0v) is 12.6. The van der Waals surface area contributed by atoms with Crippen LogP contribution in [-0.4, -0.2) is 37.6 Å². The van der Waals surface area contributed by atoms with E-state index < -0.39 is 5.97 Å². The Bertz CT molecular complexity index is 661. The SMILES string of the molecule is COc1c(/C=C(\C=O)C(=O)O)cc2c3c1CCCN3CCC2. The van der Waals surface area contributed by atoms with Gasteiger partial charge in [0.25, 0.3) is 0 Å². The fraction of sp³-hybridized carbons (Fsp3) is 0.412. The van der Waals surface area contributed by atoms with E-state index in [1.54, 1.807) is 7.11 Å². The summed E-state index contributed by atoms with van der Waals surface area (Å²) in [5.41, 5.74) is 4.06. The van der Waals surface area contributed by atoms with Crippen LogP contribution in [0.3, 0.4) is 0 Å². The molecule has 5 heteroatoms. The molecule has 2 aliphatic heterocycles. The number of carboxylic acids is 1. The molecule has 22 heavy (non-hydrogen) atoms. The number of aryl methyl sites for hydroxylation is 1. The van der Waals surface area contributed by atoms with Crippen molar-refractivity contribution in [2.45, 2.75) is 25.7 Å². The third kappa shape index (κ3) is 2.36. The molecular weight excluding hydrogens is 282 g/mol. The second kappa shape index (κ2) is 5.83. The highest BCUT2D eigenvalue weighted by Gasteiger charge is 2.28. The first-order valence-electron chi connectivity index (χ1n) is 7.53. The van der Waals surface area contributed by atoms with Crippen molar-refractivity contribution >= 4 is 24.0 Å². The predicted molar refractivity (Wildman–Crippen MR) is 83.5 cm³/mol. The Morgan fingerprint density at radius 2 is 2.05 bits per heavy atom. The molecule has 0 spiro atoms. The van der Waals surface area contributed by atoms with E-state index in [4.69, 9.17) is 9.84 Å². The lowest BCUT2D eigenvalue weighted by Crippen LogP contribution is -2.34. The van der Waals surface area contributed by atoms with E-state index in [-0.39, 0.29) is 5.57 Å². The number of carbonyl (C=O) groups is 2. The number of hydrogen-bond acceptors (Lipinski definition) is 4. The molecule has 1 aromatic rings. The number of nitrogens with zero attached hydrogens (tertiary/aromatic N) is 1. The summed E-state index contributed by atoms with van der Waals surface area (Å²) in [4.78, 5) is 24.4. The second-order valence-electron chi connectivity index (χ2n) is 5.70. The van der Waals surface area contributed by atoms with Gasteiger partial charge in [-0.2, -0.15) is 0 Å². The molecule has 2 heterocycles. The Kier molecular flexibility index (Phi) is 3.88. The minimum atomic E-state index is -1.22. The van der Waals surface area contributed by atoms with Crippen LogP contribution in [-0.2, 0) is 22.4 Å². The van der Waals surface area contributed by atoms with Crippen molar-refractivity contribution < 1.29 is 19.4 Å². The number of aliphatic carboxylic acids is 1. The van der Waals surface area contributed by atoms with E-state index in [1.165, 1.54) is 17.3 Å². The molecule has 0 fully saturated rings. The van der Waals surface area contributed by atoms with Crippen molar-refractivity contribution in [1.82, 2.24) is 0 Å². The van der Waals surface area contributed by atoms with Gasteiger partial charge in [-0.3, -0.25) is 4.79 Å². The van der Waals surface area contributed by atoms with Gasteiger partial charge in [0.15, 0.2) is 6.29 Å². The number of benzene rings is 1. The molecular formula is C17H19NO4. The van der Waals surface area contributed by atoms with E-state index >= 15 is 0 Å². The van der Waals surface area contributed by atoms with Gasteiger partial charge in [-0.05, 0) is 43.4 Å². The molecule has 5 nitrogen and oxygen atoms in total. The van der Waals surface area contributed by atoms with E-state index in [1.807, 2.05) is 6.07 Å². The average molecular weight is 301 g/mol. The van der Waals surface area contributed by atoms with E-state index in [0.717, 1.165) is 44.3 Å². The smallest absolute Gasteiger partial charge is 0.339 e. The van der Waals surface area contributed by atoms with Crippen molar-refractivity contribution in [2.24, 2.45) is 0 Å². The quantitative estimate of drug-likeness (QED) is 0.399. The third-order valence-electron chi connectivity index (χ3n) is 4.39. The number of carboxylic acid groups (broad SMARTS) is 1. The Morgan fingerprint density at radius 1 is 1.32 bits per heavy atom. The van der Waals surface area contributed by atoms with Crippen LogP contribution in [0, 0.1) is 0 Å². The topological polar surface area (TPSA) is 66.8 Å². The van der Waals surface area contributed by atoms with Gasteiger partial charge in [0.1, 0.15) is 5.75 Å². The molecule has 1 N–H and O–H groups in total. The maximum atomic E-state index is 11.1. The first-order chi connectivity index (χ1) is 10.7. The summed E-state index contributed by atoms with van der Waals surface area (Å²) in [6.45, 7) is 2.13. The van der Waals surface area contributed by atoms with Gasteiger partial charge in [0.2, 0.25) is 0 Å². The Labute approximate surface area is 129 Å². The van der Waals surface area contributed by atoms with Gasteiger partial charge in [0.05, 0.1) is 12.7 Å². The Balaban J connectivity index is 2.20. The van der Waals surface area contributed by atoms with Crippen molar-refractivity contribution in [3.8, 4) is 5.75 Å². The number of carbonyl (C=O) groups excluding carboxylic acids is 1.